The first-order chi connectivity index (χ1) is 15.6. The molecular formula is C25H21N3O4. The molecule has 1 aromatic heterocycles. The maximum atomic E-state index is 12.9. The van der Waals surface area contributed by atoms with Crippen LogP contribution >= 0.6 is 0 Å². The van der Waals surface area contributed by atoms with E-state index in [2.05, 4.69) is 15.8 Å². The Kier molecular flexibility index (Phi) is 6.27. The molecule has 0 bridgehead atoms. The number of methoxy groups -OCH3 is 1. The number of rotatable bonds is 6. The van der Waals surface area contributed by atoms with Crippen molar-refractivity contribution in [2.45, 2.75) is 6.54 Å². The molecule has 32 heavy (non-hydrogen) atoms. The molecular weight excluding hydrogens is 406 g/mol. The summed E-state index contributed by atoms with van der Waals surface area (Å²) >= 11 is 0. The predicted molar refractivity (Wildman–Crippen MR) is 120 cm³/mol. The van der Waals surface area contributed by atoms with E-state index in [4.69, 9.17) is 9.15 Å². The molecule has 2 N–H and O–H groups in total. The summed E-state index contributed by atoms with van der Waals surface area (Å²) in [5, 5.41) is 7.71. The number of amides is 2. The van der Waals surface area contributed by atoms with Gasteiger partial charge in [-0.1, -0.05) is 54.6 Å². The van der Waals surface area contributed by atoms with Crippen LogP contribution < -0.4 is 21.0 Å². The van der Waals surface area contributed by atoms with Crippen LogP contribution in [0.25, 0.3) is 11.0 Å². The molecule has 0 spiro atoms. The average molecular weight is 427 g/mol. The van der Waals surface area contributed by atoms with Gasteiger partial charge in [0.2, 0.25) is 5.55 Å². The minimum Gasteiger partial charge on any atom is -0.497 e. The highest BCUT2D eigenvalue weighted by atomic mass is 16.5. The third kappa shape index (κ3) is 4.84. The SMILES string of the molecule is COc1cccc(C(=O)N/N=c2\oc3ccccc3cc2C(=O)NCc2ccccc2)c1. The number of nitrogens with zero attached hydrogens (tertiary/aromatic N) is 1. The van der Waals surface area contributed by atoms with Gasteiger partial charge in [-0.05, 0) is 35.9 Å². The molecule has 0 aliphatic rings. The molecule has 4 aromatic rings. The number of carbonyl (C=O) groups is 2. The standard InChI is InChI=1S/C25H21N3O4/c1-31-20-12-7-11-19(14-20)23(29)27-28-25-21(15-18-10-5-6-13-22(18)32-25)24(30)26-16-17-8-3-2-4-9-17/h2-15H,16H2,1H3,(H,26,30)(H,27,29)/b28-25-. The molecule has 7 heteroatoms. The molecule has 0 aliphatic heterocycles. The van der Waals surface area contributed by atoms with Gasteiger partial charge < -0.3 is 14.5 Å². The van der Waals surface area contributed by atoms with E-state index in [0.29, 0.717) is 23.4 Å². The van der Waals surface area contributed by atoms with E-state index in [9.17, 15) is 9.59 Å². The third-order valence-electron chi connectivity index (χ3n) is 4.79. The maximum Gasteiger partial charge on any atom is 0.271 e. The number of nitrogens with one attached hydrogen (secondary N) is 2. The Bertz CT molecular complexity index is 1330. The molecule has 3 aromatic carbocycles. The van der Waals surface area contributed by atoms with E-state index >= 15 is 0 Å². The van der Waals surface area contributed by atoms with Gasteiger partial charge in [0.25, 0.3) is 11.8 Å². The van der Waals surface area contributed by atoms with Gasteiger partial charge in [0, 0.05) is 17.5 Å². The number of ether oxygens (including phenoxy) is 1. The zero-order chi connectivity index (χ0) is 22.3. The molecule has 0 atom stereocenters. The Morgan fingerprint density at radius 3 is 2.50 bits per heavy atom. The van der Waals surface area contributed by atoms with Gasteiger partial charge in [-0.15, -0.1) is 5.10 Å². The number of fused-ring (bicyclic) bond motifs is 1. The van der Waals surface area contributed by atoms with Crippen LogP contribution in [0.15, 0.2) is 94.4 Å². The van der Waals surface area contributed by atoms with Crippen molar-refractivity contribution in [3.63, 3.8) is 0 Å². The Morgan fingerprint density at radius 2 is 1.69 bits per heavy atom. The Morgan fingerprint density at radius 1 is 0.906 bits per heavy atom. The van der Waals surface area contributed by atoms with Crippen molar-refractivity contribution in [1.82, 2.24) is 10.7 Å². The second-order valence-electron chi connectivity index (χ2n) is 6.96. The van der Waals surface area contributed by atoms with E-state index in [1.165, 1.54) is 7.11 Å². The minimum absolute atomic E-state index is 0.00510. The number of carbonyl (C=O) groups excluding carboxylic acids is 2. The molecule has 0 aliphatic carbocycles. The second kappa shape index (κ2) is 9.61. The zero-order valence-corrected chi connectivity index (χ0v) is 17.4. The summed E-state index contributed by atoms with van der Waals surface area (Å²) in [5.41, 5.74) is 4.54. The van der Waals surface area contributed by atoms with Gasteiger partial charge in [-0.25, -0.2) is 5.43 Å². The molecule has 0 saturated heterocycles. The predicted octanol–water partition coefficient (Wildman–Crippen LogP) is 3.62. The number of hydrogen-bond acceptors (Lipinski definition) is 5. The van der Waals surface area contributed by atoms with Crippen molar-refractivity contribution >= 4 is 22.8 Å². The molecule has 0 unspecified atom stereocenters. The van der Waals surface area contributed by atoms with Crippen LogP contribution in [0.2, 0.25) is 0 Å². The fourth-order valence-corrected chi connectivity index (χ4v) is 3.12. The van der Waals surface area contributed by atoms with E-state index in [0.717, 1.165) is 10.9 Å². The van der Waals surface area contributed by atoms with Crippen LogP contribution in [0.5, 0.6) is 5.75 Å². The fourth-order valence-electron chi connectivity index (χ4n) is 3.12. The van der Waals surface area contributed by atoms with E-state index < -0.39 is 5.91 Å². The Labute approximate surface area is 184 Å². The molecule has 4 rings (SSSR count). The molecule has 0 fully saturated rings. The minimum atomic E-state index is -0.456. The van der Waals surface area contributed by atoms with Crippen molar-refractivity contribution < 1.29 is 18.7 Å². The molecule has 1 heterocycles. The highest BCUT2D eigenvalue weighted by molar-refractivity contribution is 5.97. The van der Waals surface area contributed by atoms with E-state index in [1.807, 2.05) is 48.5 Å². The van der Waals surface area contributed by atoms with Crippen molar-refractivity contribution in [2.24, 2.45) is 5.10 Å². The van der Waals surface area contributed by atoms with Gasteiger partial charge in [0.1, 0.15) is 16.9 Å². The van der Waals surface area contributed by atoms with Gasteiger partial charge in [0.05, 0.1) is 7.11 Å². The molecule has 7 nitrogen and oxygen atoms in total. The third-order valence-corrected chi connectivity index (χ3v) is 4.79. The molecule has 2 amide bonds. The maximum absolute atomic E-state index is 12.9. The topological polar surface area (TPSA) is 92.9 Å². The zero-order valence-electron chi connectivity index (χ0n) is 17.4. The lowest BCUT2D eigenvalue weighted by Gasteiger charge is -2.07. The fraction of sp³-hybridized carbons (Fsp3) is 0.0800. The summed E-state index contributed by atoms with van der Waals surface area (Å²) in [6.07, 6.45) is 0. The van der Waals surface area contributed by atoms with Crippen LogP contribution in [0.3, 0.4) is 0 Å². The summed E-state index contributed by atoms with van der Waals surface area (Å²) in [7, 11) is 1.52. The van der Waals surface area contributed by atoms with Crippen LogP contribution in [0, 0.1) is 0 Å². The number of hydrogen-bond donors (Lipinski definition) is 2. The highest BCUT2D eigenvalue weighted by Gasteiger charge is 2.13. The molecule has 0 saturated carbocycles. The lowest BCUT2D eigenvalue weighted by atomic mass is 10.1. The monoisotopic (exact) mass is 427 g/mol. The van der Waals surface area contributed by atoms with Gasteiger partial charge in [-0.2, -0.15) is 0 Å². The summed E-state index contributed by atoms with van der Waals surface area (Å²) in [6.45, 7) is 0.349. The van der Waals surface area contributed by atoms with Crippen LogP contribution in [-0.4, -0.2) is 18.9 Å². The van der Waals surface area contributed by atoms with Crippen molar-refractivity contribution in [3.05, 3.63) is 107 Å². The van der Waals surface area contributed by atoms with Crippen LogP contribution in [0.1, 0.15) is 26.3 Å². The number of benzene rings is 3. The second-order valence-corrected chi connectivity index (χ2v) is 6.96. The summed E-state index contributed by atoms with van der Waals surface area (Å²) in [4.78, 5) is 25.5. The van der Waals surface area contributed by atoms with E-state index in [1.54, 1.807) is 36.4 Å². The highest BCUT2D eigenvalue weighted by Crippen LogP contribution is 2.14. The number of para-hydroxylation sites is 1. The van der Waals surface area contributed by atoms with Crippen LogP contribution in [0.4, 0.5) is 0 Å². The van der Waals surface area contributed by atoms with Crippen LogP contribution in [-0.2, 0) is 6.54 Å². The molecule has 0 radical (unpaired) electrons. The van der Waals surface area contributed by atoms with E-state index in [-0.39, 0.29) is 17.0 Å². The van der Waals surface area contributed by atoms with Crippen molar-refractivity contribution in [1.29, 1.82) is 0 Å². The van der Waals surface area contributed by atoms with Gasteiger partial charge in [0.15, 0.2) is 0 Å². The first-order valence-corrected chi connectivity index (χ1v) is 9.97. The first-order valence-electron chi connectivity index (χ1n) is 9.97. The lowest BCUT2D eigenvalue weighted by molar-refractivity contribution is 0.0932. The Balaban J connectivity index is 1.64. The summed E-state index contributed by atoms with van der Waals surface area (Å²) < 4.78 is 11.0. The van der Waals surface area contributed by atoms with Crippen molar-refractivity contribution in [3.8, 4) is 5.75 Å². The summed E-state index contributed by atoms with van der Waals surface area (Å²) in [6, 6.07) is 25.2. The average Bonchev–Trinajstić information content (AvgIpc) is 2.85. The van der Waals surface area contributed by atoms with Gasteiger partial charge >= 0.3 is 0 Å². The largest absolute Gasteiger partial charge is 0.497 e. The molecule has 160 valence electrons. The quantitative estimate of drug-likeness (QED) is 0.460. The smallest absolute Gasteiger partial charge is 0.271 e. The first kappa shape index (κ1) is 20.9. The van der Waals surface area contributed by atoms with Crippen molar-refractivity contribution in [2.75, 3.05) is 7.11 Å². The summed E-state index contributed by atoms with van der Waals surface area (Å²) in [5.74, 6) is -0.269. The Hall–Kier alpha value is -4.39. The normalized spacial score (nSPS) is 11.2. The lowest BCUT2D eigenvalue weighted by Crippen LogP contribution is -2.30. The van der Waals surface area contributed by atoms with Gasteiger partial charge in [-0.3, -0.25) is 9.59 Å².